The molecule has 9 heteroatoms. The van der Waals surface area contributed by atoms with Crippen LogP contribution in [0.25, 0.3) is 11.0 Å². The molecule has 2 atom stereocenters. The Balaban J connectivity index is 1.79. The first-order chi connectivity index (χ1) is 13.3. The lowest BCUT2D eigenvalue weighted by Crippen LogP contribution is -2.41. The summed E-state index contributed by atoms with van der Waals surface area (Å²) in [6.07, 6.45) is 5.45. The van der Waals surface area contributed by atoms with Gasteiger partial charge >= 0.3 is 0 Å². The van der Waals surface area contributed by atoms with Gasteiger partial charge in [0.25, 0.3) is 0 Å². The predicted octanol–water partition coefficient (Wildman–Crippen LogP) is 1.47. The number of Topliss-reactive ketones (excluding diaryl/α,β-unsaturated/α-hetero) is 1. The number of nitrogens with zero attached hydrogens (tertiary/aromatic N) is 4. The molecule has 1 aliphatic heterocycles. The number of piperidine rings is 1. The van der Waals surface area contributed by atoms with Crippen LogP contribution in [0.2, 0.25) is 0 Å². The highest BCUT2D eigenvalue weighted by Gasteiger charge is 2.28. The normalized spacial score (nSPS) is 20.1. The molecule has 0 saturated carbocycles. The molecule has 148 valence electrons. The van der Waals surface area contributed by atoms with Gasteiger partial charge in [0.1, 0.15) is 22.9 Å². The third-order valence-electron chi connectivity index (χ3n) is 4.86. The van der Waals surface area contributed by atoms with Gasteiger partial charge in [-0.3, -0.25) is 14.8 Å². The van der Waals surface area contributed by atoms with Crippen LogP contribution < -0.4 is 9.62 Å². The third-order valence-corrected chi connectivity index (χ3v) is 5.53. The van der Waals surface area contributed by atoms with Gasteiger partial charge in [0.2, 0.25) is 10.0 Å². The number of fused-ring (bicyclic) bond motifs is 1. The van der Waals surface area contributed by atoms with Crippen molar-refractivity contribution in [3.63, 3.8) is 0 Å². The van der Waals surface area contributed by atoms with Crippen LogP contribution in [-0.2, 0) is 14.8 Å². The highest BCUT2D eigenvalue weighted by molar-refractivity contribution is 7.88. The molecule has 1 aromatic heterocycles. The average molecular weight is 401 g/mol. The number of sulfonamides is 1. The Morgan fingerprint density at radius 3 is 2.68 bits per heavy atom. The van der Waals surface area contributed by atoms with E-state index in [0.29, 0.717) is 35.5 Å². The van der Waals surface area contributed by atoms with Crippen LogP contribution in [0.5, 0.6) is 0 Å². The fourth-order valence-corrected chi connectivity index (χ4v) is 4.24. The maximum atomic E-state index is 12.2. The van der Waals surface area contributed by atoms with E-state index in [1.54, 1.807) is 18.5 Å². The van der Waals surface area contributed by atoms with Gasteiger partial charge in [-0.1, -0.05) is 6.92 Å². The van der Waals surface area contributed by atoms with E-state index in [9.17, 15) is 18.5 Å². The SMILES string of the molecule is C[C@H]1C[C@@H](CC(=O)CNS(C)(=O)=O)CN(c2ccc(C#N)c3nccnc23)C1. The molecular formula is C19H23N5O3S. The lowest BCUT2D eigenvalue weighted by Gasteiger charge is -2.38. The molecule has 1 aliphatic rings. The van der Waals surface area contributed by atoms with Crippen molar-refractivity contribution < 1.29 is 13.2 Å². The van der Waals surface area contributed by atoms with E-state index in [1.807, 2.05) is 6.07 Å². The Hall–Kier alpha value is -2.57. The molecule has 2 heterocycles. The van der Waals surface area contributed by atoms with E-state index < -0.39 is 10.0 Å². The molecule has 1 fully saturated rings. The summed E-state index contributed by atoms with van der Waals surface area (Å²) >= 11 is 0. The zero-order valence-corrected chi connectivity index (χ0v) is 16.7. The van der Waals surface area contributed by atoms with E-state index in [4.69, 9.17) is 0 Å². The molecule has 0 spiro atoms. The van der Waals surface area contributed by atoms with Crippen LogP contribution in [0.15, 0.2) is 24.5 Å². The zero-order valence-electron chi connectivity index (χ0n) is 15.9. The lowest BCUT2D eigenvalue weighted by atomic mass is 9.86. The second kappa shape index (κ2) is 8.20. The van der Waals surface area contributed by atoms with Crippen molar-refractivity contribution in [3.8, 4) is 6.07 Å². The van der Waals surface area contributed by atoms with Crippen molar-refractivity contribution in [2.45, 2.75) is 19.8 Å². The number of nitrogens with one attached hydrogen (secondary N) is 1. The van der Waals surface area contributed by atoms with Gasteiger partial charge in [0.05, 0.1) is 24.1 Å². The number of hydrogen-bond acceptors (Lipinski definition) is 7. The highest BCUT2D eigenvalue weighted by Crippen LogP contribution is 2.32. The quantitative estimate of drug-likeness (QED) is 0.779. The number of hydrogen-bond donors (Lipinski definition) is 1. The maximum Gasteiger partial charge on any atom is 0.209 e. The first kappa shape index (κ1) is 20.2. The zero-order chi connectivity index (χ0) is 20.3. The maximum absolute atomic E-state index is 12.2. The van der Waals surface area contributed by atoms with Crippen LogP contribution in [0.4, 0.5) is 5.69 Å². The van der Waals surface area contributed by atoms with Crippen molar-refractivity contribution in [1.29, 1.82) is 5.26 Å². The minimum Gasteiger partial charge on any atom is -0.369 e. The molecule has 0 amide bonds. The fourth-order valence-electron chi connectivity index (χ4n) is 3.82. The van der Waals surface area contributed by atoms with E-state index in [0.717, 1.165) is 24.9 Å². The van der Waals surface area contributed by atoms with Crippen LogP contribution in [0, 0.1) is 23.2 Å². The topological polar surface area (TPSA) is 116 Å². The number of rotatable bonds is 6. The van der Waals surface area contributed by atoms with Crippen molar-refractivity contribution in [2.24, 2.45) is 11.8 Å². The number of carbonyl (C=O) groups excluding carboxylic acids is 1. The van der Waals surface area contributed by atoms with Gasteiger partial charge in [-0.15, -0.1) is 0 Å². The molecule has 2 aromatic rings. The summed E-state index contributed by atoms with van der Waals surface area (Å²) < 4.78 is 24.6. The third kappa shape index (κ3) is 4.82. The van der Waals surface area contributed by atoms with Gasteiger partial charge in [-0.25, -0.2) is 13.1 Å². The second-order valence-corrected chi connectivity index (χ2v) is 9.28. The first-order valence-corrected chi connectivity index (χ1v) is 11.0. The molecule has 0 radical (unpaired) electrons. The molecule has 0 aliphatic carbocycles. The Labute approximate surface area is 164 Å². The van der Waals surface area contributed by atoms with Crippen molar-refractivity contribution in [2.75, 3.05) is 30.8 Å². The first-order valence-electron chi connectivity index (χ1n) is 9.12. The van der Waals surface area contributed by atoms with Gasteiger partial charge in [-0.2, -0.15) is 5.26 Å². The van der Waals surface area contributed by atoms with Crippen molar-refractivity contribution in [1.82, 2.24) is 14.7 Å². The second-order valence-electron chi connectivity index (χ2n) is 7.45. The van der Waals surface area contributed by atoms with Crippen LogP contribution >= 0.6 is 0 Å². The van der Waals surface area contributed by atoms with E-state index >= 15 is 0 Å². The summed E-state index contributed by atoms with van der Waals surface area (Å²) in [6, 6.07) is 5.79. The molecule has 8 nitrogen and oxygen atoms in total. The van der Waals surface area contributed by atoms with Gasteiger partial charge in [0, 0.05) is 31.9 Å². The Bertz CT molecular complexity index is 1030. The molecule has 1 N–H and O–H groups in total. The Morgan fingerprint density at radius 1 is 1.29 bits per heavy atom. The summed E-state index contributed by atoms with van der Waals surface area (Å²) in [6.45, 7) is 3.46. The molecule has 1 saturated heterocycles. The summed E-state index contributed by atoms with van der Waals surface area (Å²) in [7, 11) is -3.38. The fraction of sp³-hybridized carbons (Fsp3) is 0.474. The van der Waals surface area contributed by atoms with Crippen molar-refractivity contribution >= 4 is 32.5 Å². The Morgan fingerprint density at radius 2 is 2.00 bits per heavy atom. The van der Waals surface area contributed by atoms with Crippen molar-refractivity contribution in [3.05, 3.63) is 30.1 Å². The summed E-state index contributed by atoms with van der Waals surface area (Å²) in [4.78, 5) is 23.1. The number of anilines is 1. The summed E-state index contributed by atoms with van der Waals surface area (Å²) in [5, 5.41) is 9.31. The van der Waals surface area contributed by atoms with Crippen LogP contribution in [-0.4, -0.2) is 50.1 Å². The monoisotopic (exact) mass is 401 g/mol. The Kier molecular flexibility index (Phi) is 5.91. The number of carbonyl (C=O) groups is 1. The summed E-state index contributed by atoms with van der Waals surface area (Å²) in [5.41, 5.74) is 2.64. The smallest absolute Gasteiger partial charge is 0.209 e. The van der Waals surface area contributed by atoms with Gasteiger partial charge in [-0.05, 0) is 30.4 Å². The molecule has 0 unspecified atom stereocenters. The minimum absolute atomic E-state index is 0.117. The number of nitriles is 1. The lowest BCUT2D eigenvalue weighted by molar-refractivity contribution is -0.119. The number of ketones is 1. The summed E-state index contributed by atoms with van der Waals surface area (Å²) in [5.74, 6) is 0.380. The molecule has 28 heavy (non-hydrogen) atoms. The van der Waals surface area contributed by atoms with Gasteiger partial charge < -0.3 is 4.90 Å². The van der Waals surface area contributed by atoms with E-state index in [-0.39, 0.29) is 18.2 Å². The molecular weight excluding hydrogens is 378 g/mol. The van der Waals surface area contributed by atoms with E-state index in [2.05, 4.69) is 32.6 Å². The van der Waals surface area contributed by atoms with Crippen LogP contribution in [0.3, 0.4) is 0 Å². The largest absolute Gasteiger partial charge is 0.369 e. The standard InChI is InChI=1S/C19H23N5O3S/c1-13-7-14(8-16(25)10-23-28(2,26)27)12-24(11-13)17-4-3-15(9-20)18-19(17)22-6-5-21-18/h3-6,13-14,23H,7-8,10-12H2,1-2H3/t13-,14-/m0/s1. The van der Waals surface area contributed by atoms with E-state index in [1.165, 1.54) is 0 Å². The molecule has 0 bridgehead atoms. The van der Waals surface area contributed by atoms with Crippen LogP contribution in [0.1, 0.15) is 25.3 Å². The minimum atomic E-state index is -3.38. The van der Waals surface area contributed by atoms with Gasteiger partial charge in [0.15, 0.2) is 0 Å². The molecule has 3 rings (SSSR count). The number of aromatic nitrogens is 2. The average Bonchev–Trinajstić information content (AvgIpc) is 2.64. The number of benzene rings is 1. The highest BCUT2D eigenvalue weighted by atomic mass is 32.2. The predicted molar refractivity (Wildman–Crippen MR) is 106 cm³/mol. The molecule has 1 aromatic carbocycles.